The van der Waals surface area contributed by atoms with Crippen molar-refractivity contribution in [3.8, 4) is 0 Å². The zero-order valence-corrected chi connectivity index (χ0v) is 13.9. The van der Waals surface area contributed by atoms with Gasteiger partial charge in [0.2, 0.25) is 0 Å². The summed E-state index contributed by atoms with van der Waals surface area (Å²) in [7, 11) is 0. The van der Waals surface area contributed by atoms with E-state index in [9.17, 15) is 9.90 Å². The molecule has 3 unspecified atom stereocenters. The molecule has 20 heavy (non-hydrogen) atoms. The van der Waals surface area contributed by atoms with Gasteiger partial charge in [-0.2, -0.15) is 0 Å². The van der Waals surface area contributed by atoms with Gasteiger partial charge in [0.1, 0.15) is 0 Å². The molecule has 0 bridgehead atoms. The van der Waals surface area contributed by atoms with Gasteiger partial charge in [0.05, 0.1) is 6.61 Å². The molecule has 0 amide bonds. The number of carbonyl (C=O) groups excluding carboxylic acids is 1. The molecular formula is C17H32O3. The molecule has 118 valence electrons. The molecule has 0 aromatic carbocycles. The Bertz CT molecular complexity index is 319. The predicted octanol–water partition coefficient (Wildman–Crippen LogP) is 3.93. The Labute approximate surface area is 124 Å². The Kier molecular flexibility index (Phi) is 6.06. The molecule has 0 aliphatic heterocycles. The summed E-state index contributed by atoms with van der Waals surface area (Å²) in [6.45, 7) is 10.9. The highest BCUT2D eigenvalue weighted by Gasteiger charge is 2.44. The van der Waals surface area contributed by atoms with Crippen molar-refractivity contribution in [2.24, 2.45) is 17.3 Å². The van der Waals surface area contributed by atoms with E-state index in [2.05, 4.69) is 20.8 Å². The maximum Gasteiger partial charge on any atom is 0.338 e. The third-order valence-electron chi connectivity index (χ3n) is 5.04. The van der Waals surface area contributed by atoms with Gasteiger partial charge < -0.3 is 9.84 Å². The van der Waals surface area contributed by atoms with Crippen molar-refractivity contribution in [2.75, 3.05) is 6.61 Å². The fourth-order valence-electron chi connectivity index (χ4n) is 3.50. The first-order chi connectivity index (χ1) is 9.25. The van der Waals surface area contributed by atoms with E-state index < -0.39 is 11.6 Å². The van der Waals surface area contributed by atoms with Crippen LogP contribution in [0.5, 0.6) is 0 Å². The molecular weight excluding hydrogens is 252 g/mol. The Balaban J connectivity index is 2.78. The number of hydrogen-bond acceptors (Lipinski definition) is 3. The molecule has 1 N–H and O–H groups in total. The van der Waals surface area contributed by atoms with Crippen molar-refractivity contribution in [1.29, 1.82) is 0 Å². The van der Waals surface area contributed by atoms with Crippen LogP contribution >= 0.6 is 0 Å². The molecule has 1 rings (SSSR count). The van der Waals surface area contributed by atoms with E-state index in [-0.39, 0.29) is 5.92 Å². The predicted molar refractivity (Wildman–Crippen MR) is 81.4 cm³/mol. The Hall–Kier alpha value is -0.570. The normalized spacial score (nSPS) is 27.5. The average Bonchev–Trinajstić information content (AvgIpc) is 2.63. The summed E-state index contributed by atoms with van der Waals surface area (Å²) < 4.78 is 5.10. The first-order valence-electron chi connectivity index (χ1n) is 8.15. The minimum absolute atomic E-state index is 0.0406. The van der Waals surface area contributed by atoms with Crippen molar-refractivity contribution in [2.45, 2.75) is 78.7 Å². The van der Waals surface area contributed by atoms with E-state index in [0.29, 0.717) is 24.4 Å². The van der Waals surface area contributed by atoms with E-state index >= 15 is 0 Å². The highest BCUT2D eigenvalue weighted by Crippen LogP contribution is 2.42. The van der Waals surface area contributed by atoms with Crippen LogP contribution in [0.3, 0.4) is 0 Å². The van der Waals surface area contributed by atoms with Crippen LogP contribution in [0.4, 0.5) is 0 Å². The SMILES string of the molecule is CCOC(=O)C(O)(CC)C1CCCC(C(C)(C)C)CC1. The van der Waals surface area contributed by atoms with Crippen LogP contribution < -0.4 is 0 Å². The molecule has 3 nitrogen and oxygen atoms in total. The van der Waals surface area contributed by atoms with Crippen molar-refractivity contribution in [3.63, 3.8) is 0 Å². The zero-order valence-electron chi connectivity index (χ0n) is 13.9. The number of ether oxygens (including phenoxy) is 1. The van der Waals surface area contributed by atoms with Gasteiger partial charge >= 0.3 is 5.97 Å². The second-order valence-corrected chi connectivity index (χ2v) is 7.27. The summed E-state index contributed by atoms with van der Waals surface area (Å²) in [5.41, 5.74) is -0.980. The molecule has 0 saturated heterocycles. The highest BCUT2D eigenvalue weighted by molar-refractivity contribution is 5.79. The Morgan fingerprint density at radius 3 is 2.15 bits per heavy atom. The third kappa shape index (κ3) is 3.97. The fraction of sp³-hybridized carbons (Fsp3) is 0.941. The molecule has 0 spiro atoms. The number of aliphatic hydroxyl groups is 1. The minimum atomic E-state index is -1.29. The van der Waals surface area contributed by atoms with E-state index in [0.717, 1.165) is 25.7 Å². The minimum Gasteiger partial charge on any atom is -0.464 e. The third-order valence-corrected chi connectivity index (χ3v) is 5.04. The molecule has 3 heteroatoms. The second-order valence-electron chi connectivity index (χ2n) is 7.27. The topological polar surface area (TPSA) is 46.5 Å². The highest BCUT2D eigenvalue weighted by atomic mass is 16.5. The van der Waals surface area contributed by atoms with Crippen molar-refractivity contribution in [3.05, 3.63) is 0 Å². The monoisotopic (exact) mass is 284 g/mol. The molecule has 3 atom stereocenters. The lowest BCUT2D eigenvalue weighted by Crippen LogP contribution is -2.46. The first kappa shape index (κ1) is 17.5. The standard InChI is InChI=1S/C17H32O3/c1-6-17(19,15(18)20-7-2)14-10-8-9-13(11-12-14)16(3,4)5/h13-14,19H,6-12H2,1-5H3. The van der Waals surface area contributed by atoms with E-state index in [1.165, 1.54) is 6.42 Å². The summed E-state index contributed by atoms with van der Waals surface area (Å²) in [6.07, 6.45) is 5.67. The number of carbonyl (C=O) groups is 1. The van der Waals surface area contributed by atoms with Crippen molar-refractivity contribution >= 4 is 5.97 Å². The van der Waals surface area contributed by atoms with Gasteiger partial charge in [0, 0.05) is 0 Å². The summed E-state index contributed by atoms with van der Waals surface area (Å²) in [5.74, 6) is 0.288. The van der Waals surface area contributed by atoms with Gasteiger partial charge in [-0.1, -0.05) is 34.1 Å². The average molecular weight is 284 g/mol. The van der Waals surface area contributed by atoms with Crippen LogP contribution in [0.2, 0.25) is 0 Å². The molecule has 0 radical (unpaired) electrons. The van der Waals surface area contributed by atoms with Gasteiger partial charge in [-0.05, 0) is 56.3 Å². The molecule has 0 heterocycles. The largest absolute Gasteiger partial charge is 0.464 e. The van der Waals surface area contributed by atoms with Crippen LogP contribution in [0.25, 0.3) is 0 Å². The maximum absolute atomic E-state index is 12.1. The first-order valence-corrected chi connectivity index (χ1v) is 8.15. The van der Waals surface area contributed by atoms with Crippen LogP contribution in [-0.4, -0.2) is 23.3 Å². The molecule has 0 aromatic rings. The van der Waals surface area contributed by atoms with Gasteiger partial charge in [-0.15, -0.1) is 0 Å². The Morgan fingerprint density at radius 1 is 1.10 bits per heavy atom. The molecule has 1 saturated carbocycles. The fourth-order valence-corrected chi connectivity index (χ4v) is 3.50. The zero-order chi connectivity index (χ0) is 15.4. The Morgan fingerprint density at radius 2 is 1.65 bits per heavy atom. The van der Waals surface area contributed by atoms with Gasteiger partial charge in [0.15, 0.2) is 5.60 Å². The van der Waals surface area contributed by atoms with Gasteiger partial charge in [-0.25, -0.2) is 4.79 Å². The van der Waals surface area contributed by atoms with Crippen molar-refractivity contribution < 1.29 is 14.6 Å². The molecule has 0 aromatic heterocycles. The van der Waals surface area contributed by atoms with Crippen LogP contribution in [0, 0.1) is 17.3 Å². The van der Waals surface area contributed by atoms with Gasteiger partial charge in [-0.3, -0.25) is 0 Å². The smallest absolute Gasteiger partial charge is 0.338 e. The summed E-state index contributed by atoms with van der Waals surface area (Å²) in [4.78, 5) is 12.1. The second kappa shape index (κ2) is 6.93. The van der Waals surface area contributed by atoms with Crippen LogP contribution in [-0.2, 0) is 9.53 Å². The lowest BCUT2D eigenvalue weighted by atomic mass is 9.75. The van der Waals surface area contributed by atoms with E-state index in [1.807, 2.05) is 6.92 Å². The lowest BCUT2D eigenvalue weighted by Gasteiger charge is -2.33. The van der Waals surface area contributed by atoms with Gasteiger partial charge in [0.25, 0.3) is 0 Å². The molecule has 1 aliphatic rings. The van der Waals surface area contributed by atoms with Crippen LogP contribution in [0.15, 0.2) is 0 Å². The number of esters is 1. The van der Waals surface area contributed by atoms with E-state index in [4.69, 9.17) is 4.74 Å². The van der Waals surface area contributed by atoms with Crippen LogP contribution in [0.1, 0.15) is 73.1 Å². The quantitative estimate of drug-likeness (QED) is 0.628. The number of hydrogen-bond donors (Lipinski definition) is 1. The molecule has 1 aliphatic carbocycles. The summed E-state index contributed by atoms with van der Waals surface area (Å²) in [5, 5.41) is 10.8. The lowest BCUT2D eigenvalue weighted by molar-refractivity contribution is -0.172. The maximum atomic E-state index is 12.1. The summed E-state index contributed by atoms with van der Waals surface area (Å²) in [6, 6.07) is 0. The number of rotatable bonds is 4. The summed E-state index contributed by atoms with van der Waals surface area (Å²) >= 11 is 0. The molecule has 1 fully saturated rings. The van der Waals surface area contributed by atoms with E-state index in [1.54, 1.807) is 6.92 Å². The van der Waals surface area contributed by atoms with Crippen molar-refractivity contribution in [1.82, 2.24) is 0 Å².